The fourth-order valence-corrected chi connectivity index (χ4v) is 1.63. The molecule has 5 nitrogen and oxygen atoms in total. The van der Waals surface area contributed by atoms with Crippen molar-refractivity contribution in [2.75, 3.05) is 11.9 Å². The van der Waals surface area contributed by atoms with Crippen LogP contribution in [0.3, 0.4) is 0 Å². The van der Waals surface area contributed by atoms with E-state index in [2.05, 4.69) is 16.3 Å². The molecule has 0 aliphatic heterocycles. The van der Waals surface area contributed by atoms with Gasteiger partial charge in [0.1, 0.15) is 12.2 Å². The highest BCUT2D eigenvalue weighted by atomic mass is 35.5. The molecule has 6 heteroatoms. The van der Waals surface area contributed by atoms with E-state index in [9.17, 15) is 4.79 Å². The van der Waals surface area contributed by atoms with Gasteiger partial charge in [0.25, 0.3) is 5.56 Å². The predicted octanol–water partition coefficient (Wildman–Crippen LogP) is 1.10. The maximum atomic E-state index is 11.9. The number of aliphatic hydroxyl groups is 1. The van der Waals surface area contributed by atoms with Gasteiger partial charge in [0.05, 0.1) is 17.3 Å². The van der Waals surface area contributed by atoms with E-state index < -0.39 is 0 Å². The van der Waals surface area contributed by atoms with Crippen molar-refractivity contribution in [3.63, 3.8) is 0 Å². The van der Waals surface area contributed by atoms with E-state index in [4.69, 9.17) is 23.1 Å². The topological polar surface area (TPSA) is 67.2 Å². The van der Waals surface area contributed by atoms with Crippen LogP contribution >= 0.6 is 11.6 Å². The van der Waals surface area contributed by atoms with Crippen molar-refractivity contribution in [1.82, 2.24) is 9.78 Å². The molecular weight excluding hydrogens is 254 g/mol. The number of aromatic nitrogens is 2. The predicted molar refractivity (Wildman–Crippen MR) is 71.7 cm³/mol. The summed E-state index contributed by atoms with van der Waals surface area (Å²) >= 11 is 5.90. The van der Waals surface area contributed by atoms with Crippen LogP contribution in [0.1, 0.15) is 19.8 Å². The van der Waals surface area contributed by atoms with Crippen molar-refractivity contribution in [3.8, 4) is 12.3 Å². The third-order valence-electron chi connectivity index (χ3n) is 2.34. The Labute approximate surface area is 111 Å². The van der Waals surface area contributed by atoms with E-state index in [0.717, 1.165) is 6.42 Å². The largest absolute Gasteiger partial charge is 0.393 e. The average Bonchev–Trinajstić information content (AvgIpc) is 2.31. The molecular formula is C12H16ClN3O2. The molecule has 1 atom stereocenters. The van der Waals surface area contributed by atoms with Crippen LogP contribution in [0.2, 0.25) is 5.02 Å². The van der Waals surface area contributed by atoms with Crippen LogP contribution in [0.4, 0.5) is 5.69 Å². The second kappa shape index (κ2) is 7.04. The standard InChI is InChI=1S/C12H16ClN3O2/c1-3-7-16-12(18)11(10(13)8-15-16)14-6-4-5-9(2)17/h1,8-9,14,17H,4-7H2,2H3. The van der Waals surface area contributed by atoms with Crippen molar-refractivity contribution in [2.45, 2.75) is 32.4 Å². The minimum Gasteiger partial charge on any atom is -0.393 e. The number of halogens is 1. The fraction of sp³-hybridized carbons (Fsp3) is 0.500. The molecule has 0 radical (unpaired) electrons. The molecule has 0 bridgehead atoms. The number of nitrogens with zero attached hydrogens (tertiary/aromatic N) is 2. The summed E-state index contributed by atoms with van der Waals surface area (Å²) in [6.07, 6.45) is 7.58. The van der Waals surface area contributed by atoms with Crippen LogP contribution < -0.4 is 10.9 Å². The normalized spacial score (nSPS) is 11.9. The van der Waals surface area contributed by atoms with Crippen molar-refractivity contribution in [1.29, 1.82) is 0 Å². The Balaban J connectivity index is 2.73. The highest BCUT2D eigenvalue weighted by Crippen LogP contribution is 2.15. The number of hydrogen-bond donors (Lipinski definition) is 2. The van der Waals surface area contributed by atoms with E-state index in [0.29, 0.717) is 18.7 Å². The van der Waals surface area contributed by atoms with Crippen LogP contribution in [0, 0.1) is 12.3 Å². The number of hydrogen-bond acceptors (Lipinski definition) is 4. The molecule has 18 heavy (non-hydrogen) atoms. The monoisotopic (exact) mass is 269 g/mol. The van der Waals surface area contributed by atoms with Gasteiger partial charge < -0.3 is 10.4 Å². The highest BCUT2D eigenvalue weighted by molar-refractivity contribution is 6.32. The summed E-state index contributed by atoms with van der Waals surface area (Å²) in [5, 5.41) is 16.2. The number of rotatable bonds is 6. The van der Waals surface area contributed by atoms with Gasteiger partial charge in [-0.3, -0.25) is 4.79 Å². The zero-order valence-corrected chi connectivity index (χ0v) is 10.9. The minimum atomic E-state index is -0.349. The number of anilines is 1. The van der Waals surface area contributed by atoms with Crippen molar-refractivity contribution >= 4 is 17.3 Å². The molecule has 1 aromatic rings. The Morgan fingerprint density at radius 1 is 1.72 bits per heavy atom. The van der Waals surface area contributed by atoms with E-state index in [1.807, 2.05) is 0 Å². The molecule has 0 amide bonds. The van der Waals surface area contributed by atoms with Gasteiger partial charge in [-0.2, -0.15) is 5.10 Å². The Morgan fingerprint density at radius 3 is 3.06 bits per heavy atom. The molecule has 1 heterocycles. The Kier molecular flexibility index (Phi) is 5.69. The first kappa shape index (κ1) is 14.6. The lowest BCUT2D eigenvalue weighted by Crippen LogP contribution is -2.26. The first-order valence-electron chi connectivity index (χ1n) is 5.67. The zero-order valence-electron chi connectivity index (χ0n) is 10.2. The number of nitrogens with one attached hydrogen (secondary N) is 1. The number of terminal acetylenes is 1. The number of aliphatic hydroxyl groups excluding tert-OH is 1. The highest BCUT2D eigenvalue weighted by Gasteiger charge is 2.08. The van der Waals surface area contributed by atoms with E-state index in [-0.39, 0.29) is 23.2 Å². The summed E-state index contributed by atoms with van der Waals surface area (Å²) in [4.78, 5) is 11.9. The maximum absolute atomic E-state index is 11.9. The van der Waals surface area contributed by atoms with Crippen LogP contribution in [-0.2, 0) is 6.54 Å². The quantitative estimate of drug-likeness (QED) is 0.600. The van der Waals surface area contributed by atoms with Gasteiger partial charge in [0.15, 0.2) is 0 Å². The van der Waals surface area contributed by atoms with Gasteiger partial charge in [-0.1, -0.05) is 17.5 Å². The second-order valence-electron chi connectivity index (χ2n) is 3.95. The molecule has 2 N–H and O–H groups in total. The summed E-state index contributed by atoms with van der Waals surface area (Å²) in [6, 6.07) is 0. The molecule has 0 saturated heterocycles. The Bertz CT molecular complexity index is 491. The maximum Gasteiger partial charge on any atom is 0.292 e. The molecule has 0 aliphatic rings. The van der Waals surface area contributed by atoms with E-state index in [1.165, 1.54) is 10.9 Å². The summed E-state index contributed by atoms with van der Waals surface area (Å²) in [7, 11) is 0. The Hall–Kier alpha value is -1.51. The smallest absolute Gasteiger partial charge is 0.292 e. The molecule has 1 aromatic heterocycles. The fourth-order valence-electron chi connectivity index (χ4n) is 1.44. The zero-order chi connectivity index (χ0) is 13.5. The van der Waals surface area contributed by atoms with Crippen molar-refractivity contribution < 1.29 is 5.11 Å². The molecule has 0 aliphatic carbocycles. The molecule has 1 rings (SSSR count). The lowest BCUT2D eigenvalue weighted by molar-refractivity contribution is 0.183. The second-order valence-corrected chi connectivity index (χ2v) is 4.36. The van der Waals surface area contributed by atoms with Crippen molar-refractivity contribution in [3.05, 3.63) is 21.6 Å². The molecule has 0 fully saturated rings. The third kappa shape index (κ3) is 4.06. The van der Waals surface area contributed by atoms with Crippen LogP contribution in [0.25, 0.3) is 0 Å². The lowest BCUT2D eigenvalue weighted by Gasteiger charge is -2.09. The summed E-state index contributed by atoms with van der Waals surface area (Å²) in [5.74, 6) is 2.35. The van der Waals surface area contributed by atoms with Crippen LogP contribution in [0.5, 0.6) is 0 Å². The van der Waals surface area contributed by atoms with E-state index in [1.54, 1.807) is 6.92 Å². The van der Waals surface area contributed by atoms with Gasteiger partial charge in [-0.25, -0.2) is 4.68 Å². The van der Waals surface area contributed by atoms with Gasteiger partial charge in [0, 0.05) is 6.54 Å². The van der Waals surface area contributed by atoms with Crippen LogP contribution in [-0.4, -0.2) is 27.5 Å². The first-order valence-corrected chi connectivity index (χ1v) is 6.05. The molecule has 0 aromatic carbocycles. The lowest BCUT2D eigenvalue weighted by atomic mass is 10.2. The summed E-state index contributed by atoms with van der Waals surface area (Å²) in [5.41, 5.74) is -0.0370. The van der Waals surface area contributed by atoms with Gasteiger partial charge >= 0.3 is 0 Å². The average molecular weight is 270 g/mol. The van der Waals surface area contributed by atoms with Gasteiger partial charge in [-0.05, 0) is 19.8 Å². The summed E-state index contributed by atoms with van der Waals surface area (Å²) < 4.78 is 1.17. The first-order chi connectivity index (χ1) is 8.56. The van der Waals surface area contributed by atoms with Crippen LogP contribution in [0.15, 0.2) is 11.0 Å². The summed E-state index contributed by atoms with van der Waals surface area (Å²) in [6.45, 7) is 2.39. The van der Waals surface area contributed by atoms with Gasteiger partial charge in [-0.15, -0.1) is 6.42 Å². The third-order valence-corrected chi connectivity index (χ3v) is 2.63. The van der Waals surface area contributed by atoms with Gasteiger partial charge in [0.2, 0.25) is 0 Å². The molecule has 0 saturated carbocycles. The molecule has 1 unspecified atom stereocenters. The Morgan fingerprint density at radius 2 is 2.44 bits per heavy atom. The molecule has 0 spiro atoms. The van der Waals surface area contributed by atoms with Crippen molar-refractivity contribution in [2.24, 2.45) is 0 Å². The molecule has 98 valence electrons. The van der Waals surface area contributed by atoms with E-state index >= 15 is 0 Å². The SMILES string of the molecule is C#CCn1ncc(Cl)c(NCCCC(C)O)c1=O. The minimum absolute atomic E-state index is 0.109.